The van der Waals surface area contributed by atoms with Crippen LogP contribution in [-0.4, -0.2) is 34.4 Å². The molecule has 29 heavy (non-hydrogen) atoms. The van der Waals surface area contributed by atoms with E-state index >= 15 is 0 Å². The van der Waals surface area contributed by atoms with E-state index in [-0.39, 0.29) is 23.7 Å². The van der Waals surface area contributed by atoms with E-state index in [0.717, 1.165) is 5.56 Å². The van der Waals surface area contributed by atoms with Crippen molar-refractivity contribution >= 4 is 28.7 Å². The number of nitrogens with one attached hydrogen (secondary N) is 1. The monoisotopic (exact) mass is 419 g/mol. The number of para-hydroxylation sites is 2. The molecule has 1 aliphatic heterocycles. The van der Waals surface area contributed by atoms with Gasteiger partial charge in [0.15, 0.2) is 16.7 Å². The molecule has 0 aliphatic carbocycles. The van der Waals surface area contributed by atoms with Crippen LogP contribution < -0.4 is 14.8 Å². The Kier molecular flexibility index (Phi) is 5.57. The molecule has 1 amide bonds. The number of carbonyl (C=O) groups excluding carboxylic acids is 1. The fourth-order valence-electron chi connectivity index (χ4n) is 3.22. The Morgan fingerprint density at radius 3 is 2.76 bits per heavy atom. The number of alkyl halides is 2. The number of thioether (sulfide) groups is 1. The van der Waals surface area contributed by atoms with Crippen LogP contribution in [0.1, 0.15) is 18.5 Å². The van der Waals surface area contributed by atoms with Crippen LogP contribution >= 0.6 is 11.8 Å². The molecular weight excluding hydrogens is 400 g/mol. The first-order valence-electron chi connectivity index (χ1n) is 9.10. The lowest BCUT2D eigenvalue weighted by molar-refractivity contribution is -0.122. The largest absolute Gasteiger partial charge is 0.486 e. The Bertz CT molecular complexity index is 1040. The maximum absolute atomic E-state index is 12.9. The van der Waals surface area contributed by atoms with Crippen LogP contribution in [0.15, 0.2) is 47.6 Å². The van der Waals surface area contributed by atoms with Crippen LogP contribution in [0.5, 0.6) is 11.5 Å². The Balaban J connectivity index is 1.51. The Morgan fingerprint density at radius 1 is 1.21 bits per heavy atom. The lowest BCUT2D eigenvalue weighted by atomic mass is 10.1. The average molecular weight is 419 g/mol. The first-order valence-corrected chi connectivity index (χ1v) is 9.98. The van der Waals surface area contributed by atoms with Crippen LogP contribution in [0.25, 0.3) is 11.0 Å². The highest BCUT2D eigenvalue weighted by Crippen LogP contribution is 2.33. The molecule has 1 atom stereocenters. The van der Waals surface area contributed by atoms with Gasteiger partial charge in [0.1, 0.15) is 19.8 Å². The second kappa shape index (κ2) is 8.28. The van der Waals surface area contributed by atoms with Crippen molar-refractivity contribution in [3.05, 3.63) is 48.0 Å². The molecule has 6 nitrogen and oxygen atoms in total. The van der Waals surface area contributed by atoms with Gasteiger partial charge in [0, 0.05) is 0 Å². The van der Waals surface area contributed by atoms with Crippen molar-refractivity contribution in [2.45, 2.75) is 30.4 Å². The number of hydrogen-bond acceptors (Lipinski definition) is 5. The third kappa shape index (κ3) is 4.29. The number of ether oxygens (including phenoxy) is 2. The Labute approximate surface area is 170 Å². The lowest BCUT2D eigenvalue weighted by Crippen LogP contribution is -2.30. The molecule has 2 aromatic carbocycles. The summed E-state index contributed by atoms with van der Waals surface area (Å²) in [6.07, 6.45) is 0. The van der Waals surface area contributed by atoms with Crippen molar-refractivity contribution in [3.63, 3.8) is 0 Å². The van der Waals surface area contributed by atoms with Crippen LogP contribution in [0, 0.1) is 0 Å². The Hall–Kier alpha value is -2.81. The molecule has 0 bridgehead atoms. The highest BCUT2D eigenvalue weighted by atomic mass is 32.2. The van der Waals surface area contributed by atoms with Gasteiger partial charge in [-0.2, -0.15) is 8.78 Å². The van der Waals surface area contributed by atoms with Crippen molar-refractivity contribution in [2.75, 3.05) is 13.2 Å². The SMILES string of the molecule is CC(NC(=O)Cn1c(SC(F)F)nc2ccccc21)c1ccc2c(c1)OCCO2. The molecule has 1 unspecified atom stereocenters. The molecule has 0 saturated heterocycles. The van der Waals surface area contributed by atoms with Gasteiger partial charge in [0.2, 0.25) is 5.91 Å². The summed E-state index contributed by atoms with van der Waals surface area (Å²) in [5.74, 6) is -1.60. The van der Waals surface area contributed by atoms with Gasteiger partial charge in [-0.25, -0.2) is 4.98 Å². The van der Waals surface area contributed by atoms with Crippen molar-refractivity contribution in [3.8, 4) is 11.5 Å². The van der Waals surface area contributed by atoms with Crippen LogP contribution in [0.2, 0.25) is 0 Å². The third-order valence-corrected chi connectivity index (χ3v) is 5.26. The topological polar surface area (TPSA) is 65.4 Å². The van der Waals surface area contributed by atoms with Gasteiger partial charge in [-0.3, -0.25) is 4.79 Å². The zero-order valence-corrected chi connectivity index (χ0v) is 16.4. The standard InChI is InChI=1S/C20H19F2N3O3S/c1-12(13-6-7-16-17(10-13)28-9-8-27-16)23-18(26)11-25-15-5-3-2-4-14(15)24-20(25)29-19(21)22/h2-7,10,12,19H,8-9,11H2,1H3,(H,23,26). The van der Waals surface area contributed by atoms with E-state index in [2.05, 4.69) is 10.3 Å². The maximum atomic E-state index is 12.9. The summed E-state index contributed by atoms with van der Waals surface area (Å²) in [6.45, 7) is 2.74. The smallest absolute Gasteiger partial charge is 0.291 e. The van der Waals surface area contributed by atoms with Gasteiger partial charge in [-0.15, -0.1) is 0 Å². The number of amides is 1. The van der Waals surface area contributed by atoms with E-state index in [9.17, 15) is 13.6 Å². The summed E-state index contributed by atoms with van der Waals surface area (Å²) in [7, 11) is 0. The summed E-state index contributed by atoms with van der Waals surface area (Å²) in [5.41, 5.74) is 2.07. The normalized spacial score (nSPS) is 14.2. The zero-order chi connectivity index (χ0) is 20.4. The minimum absolute atomic E-state index is 0.107. The quantitative estimate of drug-likeness (QED) is 0.612. The summed E-state index contributed by atoms with van der Waals surface area (Å²) >= 11 is 0.332. The van der Waals surface area contributed by atoms with Gasteiger partial charge in [0.25, 0.3) is 5.76 Å². The highest BCUT2D eigenvalue weighted by molar-refractivity contribution is 7.99. The minimum atomic E-state index is -2.62. The lowest BCUT2D eigenvalue weighted by Gasteiger charge is -2.21. The summed E-state index contributed by atoms with van der Waals surface area (Å²) in [5, 5.41) is 3.02. The number of benzene rings is 2. The molecule has 0 spiro atoms. The molecule has 2 heterocycles. The maximum Gasteiger partial charge on any atom is 0.291 e. The summed E-state index contributed by atoms with van der Waals surface area (Å²) in [6, 6.07) is 12.3. The zero-order valence-electron chi connectivity index (χ0n) is 15.6. The van der Waals surface area contributed by atoms with E-state index < -0.39 is 5.76 Å². The number of fused-ring (bicyclic) bond motifs is 2. The molecule has 152 valence electrons. The average Bonchev–Trinajstić information content (AvgIpc) is 3.04. The molecule has 9 heteroatoms. The van der Waals surface area contributed by atoms with E-state index in [1.165, 1.54) is 4.57 Å². The predicted octanol–water partition coefficient (Wildman–Crippen LogP) is 4.00. The summed E-state index contributed by atoms with van der Waals surface area (Å²) < 4.78 is 38.4. The first-order chi connectivity index (χ1) is 14.0. The molecule has 1 N–H and O–H groups in total. The van der Waals surface area contributed by atoms with Gasteiger partial charge in [0.05, 0.1) is 17.1 Å². The van der Waals surface area contributed by atoms with Gasteiger partial charge in [-0.1, -0.05) is 18.2 Å². The first kappa shape index (κ1) is 19.5. The number of nitrogens with zero attached hydrogens (tertiary/aromatic N) is 2. The number of hydrogen-bond donors (Lipinski definition) is 1. The van der Waals surface area contributed by atoms with E-state index in [4.69, 9.17) is 9.47 Å². The molecule has 1 aromatic heterocycles. The van der Waals surface area contributed by atoms with Crippen molar-refractivity contribution in [2.24, 2.45) is 0 Å². The molecule has 0 radical (unpaired) electrons. The van der Waals surface area contributed by atoms with Crippen molar-refractivity contribution < 1.29 is 23.0 Å². The van der Waals surface area contributed by atoms with Crippen molar-refractivity contribution in [1.29, 1.82) is 0 Å². The van der Waals surface area contributed by atoms with Gasteiger partial charge < -0.3 is 19.4 Å². The van der Waals surface area contributed by atoms with Crippen LogP contribution in [0.3, 0.4) is 0 Å². The summed E-state index contributed by atoms with van der Waals surface area (Å²) in [4.78, 5) is 16.9. The number of imidazole rings is 1. The molecule has 0 saturated carbocycles. The highest BCUT2D eigenvalue weighted by Gasteiger charge is 2.20. The number of halogens is 2. The number of rotatable bonds is 6. The van der Waals surface area contributed by atoms with E-state index in [1.54, 1.807) is 24.3 Å². The van der Waals surface area contributed by atoms with Crippen molar-refractivity contribution in [1.82, 2.24) is 14.9 Å². The number of aromatic nitrogens is 2. The van der Waals surface area contributed by atoms with Gasteiger partial charge in [-0.05, 0) is 48.5 Å². The predicted molar refractivity (Wildman–Crippen MR) is 106 cm³/mol. The number of carbonyl (C=O) groups is 1. The van der Waals surface area contributed by atoms with Gasteiger partial charge >= 0.3 is 0 Å². The van der Waals surface area contributed by atoms with E-state index in [0.29, 0.717) is 47.5 Å². The Morgan fingerprint density at radius 2 is 1.97 bits per heavy atom. The third-order valence-electron chi connectivity index (χ3n) is 4.56. The van der Waals surface area contributed by atoms with Crippen LogP contribution in [0.4, 0.5) is 8.78 Å². The fraction of sp³-hybridized carbons (Fsp3) is 0.300. The molecular formula is C20H19F2N3O3S. The molecule has 4 rings (SSSR count). The molecule has 3 aromatic rings. The molecule has 1 aliphatic rings. The molecule has 0 fully saturated rings. The second-order valence-electron chi connectivity index (χ2n) is 6.54. The minimum Gasteiger partial charge on any atom is -0.486 e. The van der Waals surface area contributed by atoms with Crippen LogP contribution in [-0.2, 0) is 11.3 Å². The van der Waals surface area contributed by atoms with E-state index in [1.807, 2.05) is 25.1 Å². The fourth-order valence-corrected chi connectivity index (χ4v) is 3.82. The second-order valence-corrected chi connectivity index (χ2v) is 7.50.